The number of hydrogen-bond acceptors (Lipinski definition) is 3. The quantitative estimate of drug-likeness (QED) is 0.302. The predicted molar refractivity (Wildman–Crippen MR) is 144 cm³/mol. The minimum Gasteiger partial charge on any atom is -0.393 e. The van der Waals surface area contributed by atoms with E-state index in [2.05, 4.69) is 69.5 Å². The predicted octanol–water partition coefficient (Wildman–Crippen LogP) is 7.33. The summed E-state index contributed by atoms with van der Waals surface area (Å²) in [5, 5.41) is 18.2. The molecule has 35 heavy (non-hydrogen) atoms. The standard InChI is InChI=1S/C32H41NO2/c1-5-6-7-22(2)8-9-24(18-23(3)21-33)28-12-13-29-30(28,4)15-14-26-19-25-10-11-27(34)20-31(25)16-17-32(26,29)35-31/h6-9,14,18-19,21,27-29,33-34H,2-3,5,10-13,15-17,20H2,1,4H3/b7-6-,9-8-,24-18+,33-21?/t27-,28-,29-,30-,31-,32-/m1/s1. The van der Waals surface area contributed by atoms with Gasteiger partial charge in [0.1, 0.15) is 0 Å². The molecular formula is C32H41NO2. The molecule has 0 aromatic carbocycles. The van der Waals surface area contributed by atoms with E-state index in [4.69, 9.17) is 10.1 Å². The van der Waals surface area contributed by atoms with E-state index in [-0.39, 0.29) is 22.7 Å². The van der Waals surface area contributed by atoms with Crippen LogP contribution >= 0.6 is 0 Å². The molecule has 0 amide bonds. The maximum atomic E-state index is 10.5. The van der Waals surface area contributed by atoms with Crippen LogP contribution < -0.4 is 0 Å². The summed E-state index contributed by atoms with van der Waals surface area (Å²) in [4.78, 5) is 0. The van der Waals surface area contributed by atoms with Crippen LogP contribution in [0.1, 0.15) is 71.6 Å². The van der Waals surface area contributed by atoms with Crippen LogP contribution in [0.15, 0.2) is 83.6 Å². The monoisotopic (exact) mass is 471 g/mol. The van der Waals surface area contributed by atoms with Crippen molar-refractivity contribution < 1.29 is 9.84 Å². The van der Waals surface area contributed by atoms with Crippen molar-refractivity contribution in [2.75, 3.05) is 0 Å². The summed E-state index contributed by atoms with van der Waals surface area (Å²) in [5.41, 5.74) is 5.40. The van der Waals surface area contributed by atoms with Gasteiger partial charge in [-0.1, -0.05) is 69.5 Å². The van der Waals surface area contributed by atoms with Gasteiger partial charge in [0.05, 0.1) is 17.3 Å². The molecule has 0 aromatic heterocycles. The van der Waals surface area contributed by atoms with Gasteiger partial charge in [-0.25, -0.2) is 0 Å². The van der Waals surface area contributed by atoms with E-state index >= 15 is 0 Å². The van der Waals surface area contributed by atoms with Crippen molar-refractivity contribution in [1.82, 2.24) is 0 Å². The lowest BCUT2D eigenvalue weighted by atomic mass is 9.57. The number of aliphatic hydroxyl groups excluding tert-OH is 1. The molecule has 2 N–H and O–H groups in total. The molecular weight excluding hydrogens is 430 g/mol. The average molecular weight is 472 g/mol. The van der Waals surface area contributed by atoms with Crippen LogP contribution in [-0.4, -0.2) is 28.6 Å². The lowest BCUT2D eigenvalue weighted by Crippen LogP contribution is -2.54. The Kier molecular flexibility index (Phi) is 6.30. The summed E-state index contributed by atoms with van der Waals surface area (Å²) in [6.07, 6.45) is 25.6. The Morgan fingerprint density at radius 1 is 1.17 bits per heavy atom. The van der Waals surface area contributed by atoms with Gasteiger partial charge in [-0.15, -0.1) is 0 Å². The van der Waals surface area contributed by atoms with Gasteiger partial charge in [0.2, 0.25) is 0 Å². The highest BCUT2D eigenvalue weighted by Crippen LogP contribution is 2.68. The molecule has 1 saturated heterocycles. The number of hydrogen-bond donors (Lipinski definition) is 2. The van der Waals surface area contributed by atoms with Crippen molar-refractivity contribution >= 4 is 6.21 Å². The molecule has 6 atom stereocenters. The molecule has 3 fully saturated rings. The third kappa shape index (κ3) is 3.92. The third-order valence-corrected chi connectivity index (χ3v) is 9.65. The highest BCUT2D eigenvalue weighted by molar-refractivity contribution is 5.79. The van der Waals surface area contributed by atoms with Gasteiger partial charge in [-0.2, -0.15) is 0 Å². The SMILES string of the molecule is C=C(/C=C\CC)/C=C\C(=C/C(=C)C=N)[C@H]1CC[C@@H]2[C@]1(C)CC=C1C=C3CC[C@@H](O)C[C@]34CC[C@@]12O4. The van der Waals surface area contributed by atoms with Crippen molar-refractivity contribution in [3.05, 3.63) is 83.6 Å². The lowest BCUT2D eigenvalue weighted by Gasteiger charge is -2.54. The van der Waals surface area contributed by atoms with Crippen LogP contribution in [0.25, 0.3) is 0 Å². The first-order chi connectivity index (χ1) is 16.8. The average Bonchev–Trinajstić information content (AvgIpc) is 3.35. The second-order valence-corrected chi connectivity index (χ2v) is 11.7. The molecule has 0 aromatic rings. The van der Waals surface area contributed by atoms with Gasteiger partial charge in [0.25, 0.3) is 0 Å². The van der Waals surface area contributed by atoms with Crippen molar-refractivity contribution in [3.63, 3.8) is 0 Å². The Balaban J connectivity index is 1.50. The van der Waals surface area contributed by atoms with E-state index in [9.17, 15) is 5.11 Å². The van der Waals surface area contributed by atoms with Gasteiger partial charge in [-0.05, 0) is 96.5 Å². The number of allylic oxidation sites excluding steroid dienone is 9. The molecule has 3 heteroatoms. The van der Waals surface area contributed by atoms with Gasteiger partial charge < -0.3 is 15.3 Å². The molecule has 2 saturated carbocycles. The summed E-state index contributed by atoms with van der Waals surface area (Å²) in [6.45, 7) is 12.9. The largest absolute Gasteiger partial charge is 0.393 e. The Morgan fingerprint density at radius 2 is 2.00 bits per heavy atom. The highest BCUT2D eigenvalue weighted by atomic mass is 16.5. The fraction of sp³-hybridized carbons (Fsp3) is 0.531. The number of fused-ring (bicyclic) bond motifs is 1. The van der Waals surface area contributed by atoms with Gasteiger partial charge in [0, 0.05) is 12.6 Å². The molecule has 5 aliphatic rings. The Hall–Kier alpha value is -2.23. The minimum absolute atomic E-state index is 0.0761. The Bertz CT molecular complexity index is 1090. The zero-order valence-electron chi connectivity index (χ0n) is 21.5. The number of ether oxygens (including phenoxy) is 1. The normalized spacial score (nSPS) is 40.2. The maximum Gasteiger partial charge on any atom is 0.0974 e. The van der Waals surface area contributed by atoms with Crippen LogP contribution in [0, 0.1) is 22.7 Å². The second kappa shape index (κ2) is 9.01. The zero-order chi connectivity index (χ0) is 24.8. The van der Waals surface area contributed by atoms with E-state index < -0.39 is 0 Å². The summed E-state index contributed by atoms with van der Waals surface area (Å²) >= 11 is 0. The van der Waals surface area contributed by atoms with E-state index in [0.29, 0.717) is 11.8 Å². The van der Waals surface area contributed by atoms with Crippen LogP contribution in [0.4, 0.5) is 0 Å². The van der Waals surface area contributed by atoms with E-state index in [1.54, 1.807) is 0 Å². The second-order valence-electron chi connectivity index (χ2n) is 11.7. The Morgan fingerprint density at radius 3 is 2.77 bits per heavy atom. The van der Waals surface area contributed by atoms with Crippen molar-refractivity contribution in [3.8, 4) is 0 Å². The van der Waals surface area contributed by atoms with Crippen LogP contribution in [0.3, 0.4) is 0 Å². The third-order valence-electron chi connectivity index (χ3n) is 9.65. The fourth-order valence-corrected chi connectivity index (χ4v) is 7.98. The molecule has 5 rings (SSSR count). The molecule has 2 aliphatic heterocycles. The summed E-state index contributed by atoms with van der Waals surface area (Å²) in [5.74, 6) is 0.822. The first kappa shape index (κ1) is 24.5. The molecule has 2 bridgehead atoms. The summed E-state index contributed by atoms with van der Waals surface area (Å²) < 4.78 is 7.19. The first-order valence-corrected chi connectivity index (χ1v) is 13.5. The molecule has 0 radical (unpaired) electrons. The number of nitrogens with one attached hydrogen (secondary N) is 1. The number of rotatable bonds is 7. The van der Waals surface area contributed by atoms with Crippen LogP contribution in [-0.2, 0) is 4.74 Å². The molecule has 186 valence electrons. The van der Waals surface area contributed by atoms with E-state index in [1.165, 1.54) is 22.9 Å². The fourth-order valence-electron chi connectivity index (χ4n) is 7.98. The molecule has 2 spiro atoms. The van der Waals surface area contributed by atoms with Crippen LogP contribution in [0.5, 0.6) is 0 Å². The lowest BCUT2D eigenvalue weighted by molar-refractivity contribution is -0.145. The molecule has 3 aliphatic carbocycles. The molecule has 2 heterocycles. The van der Waals surface area contributed by atoms with E-state index in [1.807, 2.05) is 0 Å². The van der Waals surface area contributed by atoms with Gasteiger partial charge >= 0.3 is 0 Å². The van der Waals surface area contributed by atoms with Gasteiger partial charge in [0.15, 0.2) is 0 Å². The highest BCUT2D eigenvalue weighted by Gasteiger charge is 2.66. The number of aliphatic hydroxyl groups is 1. The zero-order valence-corrected chi connectivity index (χ0v) is 21.5. The van der Waals surface area contributed by atoms with Crippen molar-refractivity contribution in [2.45, 2.75) is 88.9 Å². The van der Waals surface area contributed by atoms with Crippen molar-refractivity contribution in [2.24, 2.45) is 17.3 Å². The van der Waals surface area contributed by atoms with Crippen molar-refractivity contribution in [1.29, 1.82) is 5.41 Å². The smallest absolute Gasteiger partial charge is 0.0974 e. The topological polar surface area (TPSA) is 53.3 Å². The Labute approximate surface area is 211 Å². The van der Waals surface area contributed by atoms with E-state index in [0.717, 1.165) is 68.9 Å². The van der Waals surface area contributed by atoms with Gasteiger partial charge in [-0.3, -0.25) is 0 Å². The first-order valence-electron chi connectivity index (χ1n) is 13.5. The summed E-state index contributed by atoms with van der Waals surface area (Å²) in [7, 11) is 0. The maximum absolute atomic E-state index is 10.5. The summed E-state index contributed by atoms with van der Waals surface area (Å²) in [6, 6.07) is 0. The molecule has 0 unspecified atom stereocenters. The minimum atomic E-state index is -0.249. The van der Waals surface area contributed by atoms with Crippen LogP contribution in [0.2, 0.25) is 0 Å². The molecule has 3 nitrogen and oxygen atoms in total.